The Balaban J connectivity index is 1.78. The lowest BCUT2D eigenvalue weighted by Gasteiger charge is -2.12. The van der Waals surface area contributed by atoms with Gasteiger partial charge in [0.05, 0.1) is 12.6 Å². The third kappa shape index (κ3) is 2.43. The molecule has 2 aromatic rings. The van der Waals surface area contributed by atoms with E-state index in [0.29, 0.717) is 12.6 Å². The number of benzene rings is 2. The third-order valence-electron chi connectivity index (χ3n) is 3.61. The molecule has 0 aliphatic carbocycles. The van der Waals surface area contributed by atoms with Crippen LogP contribution in [0.4, 0.5) is 5.69 Å². The summed E-state index contributed by atoms with van der Waals surface area (Å²) in [6.07, 6.45) is 1.06. The smallest absolute Gasteiger partial charge is 0.119 e. The Hall–Kier alpha value is -1.96. The van der Waals surface area contributed by atoms with Crippen LogP contribution in [0.5, 0.6) is 5.75 Å². The average molecular weight is 253 g/mol. The first-order valence-electron chi connectivity index (χ1n) is 6.85. The minimum Gasteiger partial charge on any atom is -0.494 e. The molecule has 1 heterocycles. The predicted molar refractivity (Wildman–Crippen MR) is 78.9 cm³/mol. The number of anilines is 1. The Bertz CT molecular complexity index is 574. The first-order chi connectivity index (χ1) is 9.26. The van der Waals surface area contributed by atoms with Crippen LogP contribution in [0, 0.1) is 6.92 Å². The van der Waals surface area contributed by atoms with Crippen LogP contribution >= 0.6 is 0 Å². The van der Waals surface area contributed by atoms with Gasteiger partial charge in [0.15, 0.2) is 0 Å². The molecule has 0 aromatic heterocycles. The van der Waals surface area contributed by atoms with Gasteiger partial charge in [0, 0.05) is 5.69 Å². The summed E-state index contributed by atoms with van der Waals surface area (Å²) in [6.45, 7) is 4.86. The molecule has 0 amide bonds. The van der Waals surface area contributed by atoms with Crippen molar-refractivity contribution in [1.82, 2.24) is 0 Å². The number of nitrogens with one attached hydrogen (secondary N) is 1. The van der Waals surface area contributed by atoms with Gasteiger partial charge in [-0.25, -0.2) is 0 Å². The fourth-order valence-electron chi connectivity index (χ4n) is 2.66. The maximum Gasteiger partial charge on any atom is 0.119 e. The molecule has 1 unspecified atom stereocenters. The monoisotopic (exact) mass is 253 g/mol. The molecule has 0 fully saturated rings. The van der Waals surface area contributed by atoms with E-state index in [1.165, 1.54) is 22.4 Å². The van der Waals surface area contributed by atoms with Gasteiger partial charge < -0.3 is 10.1 Å². The van der Waals surface area contributed by atoms with Crippen LogP contribution in [0.15, 0.2) is 42.5 Å². The van der Waals surface area contributed by atoms with E-state index in [1.54, 1.807) is 0 Å². The molecule has 0 radical (unpaired) electrons. The van der Waals surface area contributed by atoms with Crippen molar-refractivity contribution in [3.8, 4) is 5.75 Å². The summed E-state index contributed by atoms with van der Waals surface area (Å²) in [5.74, 6) is 0.942. The van der Waals surface area contributed by atoms with E-state index in [9.17, 15) is 0 Å². The van der Waals surface area contributed by atoms with E-state index in [0.717, 1.165) is 12.2 Å². The molecular formula is C17H19NO. The molecular weight excluding hydrogens is 234 g/mol. The van der Waals surface area contributed by atoms with Gasteiger partial charge in [-0.1, -0.05) is 29.8 Å². The van der Waals surface area contributed by atoms with Crippen LogP contribution in [0.3, 0.4) is 0 Å². The topological polar surface area (TPSA) is 21.3 Å². The minimum absolute atomic E-state index is 0.382. The first-order valence-corrected chi connectivity index (χ1v) is 6.85. The second-order valence-corrected chi connectivity index (χ2v) is 5.06. The predicted octanol–water partition coefficient (Wildman–Crippen LogP) is 4.10. The number of hydrogen-bond donors (Lipinski definition) is 1. The van der Waals surface area contributed by atoms with Gasteiger partial charge >= 0.3 is 0 Å². The van der Waals surface area contributed by atoms with Gasteiger partial charge in [0.25, 0.3) is 0 Å². The normalized spacial score (nSPS) is 16.8. The van der Waals surface area contributed by atoms with Crippen LogP contribution in [0.2, 0.25) is 0 Å². The van der Waals surface area contributed by atoms with Crippen LogP contribution in [-0.2, 0) is 6.42 Å². The van der Waals surface area contributed by atoms with Crippen LogP contribution < -0.4 is 10.1 Å². The van der Waals surface area contributed by atoms with Crippen LogP contribution in [0.25, 0.3) is 0 Å². The zero-order valence-electron chi connectivity index (χ0n) is 11.4. The van der Waals surface area contributed by atoms with Gasteiger partial charge in [-0.2, -0.15) is 0 Å². The van der Waals surface area contributed by atoms with E-state index in [1.807, 2.05) is 6.92 Å². The average Bonchev–Trinajstić information content (AvgIpc) is 2.83. The van der Waals surface area contributed by atoms with Crippen molar-refractivity contribution in [3.63, 3.8) is 0 Å². The van der Waals surface area contributed by atoms with Gasteiger partial charge in [-0.05, 0) is 49.6 Å². The van der Waals surface area contributed by atoms with Crippen molar-refractivity contribution in [2.45, 2.75) is 26.3 Å². The summed E-state index contributed by atoms with van der Waals surface area (Å²) in [7, 11) is 0. The summed E-state index contributed by atoms with van der Waals surface area (Å²) in [5, 5.41) is 3.59. The number of aryl methyl sites for hydroxylation is 1. The summed E-state index contributed by atoms with van der Waals surface area (Å²) in [6, 6.07) is 15.4. The first kappa shape index (κ1) is 12.1. The Kier molecular flexibility index (Phi) is 3.16. The molecule has 0 saturated heterocycles. The van der Waals surface area contributed by atoms with E-state index in [2.05, 4.69) is 54.7 Å². The Labute approximate surface area is 114 Å². The lowest BCUT2D eigenvalue weighted by atomic mass is 10.0. The molecule has 2 heteroatoms. The Morgan fingerprint density at radius 1 is 1.16 bits per heavy atom. The zero-order valence-corrected chi connectivity index (χ0v) is 11.4. The van der Waals surface area contributed by atoms with E-state index < -0.39 is 0 Å². The van der Waals surface area contributed by atoms with Gasteiger partial charge in [0.1, 0.15) is 5.75 Å². The standard InChI is InChI=1S/C17H19NO/c1-3-19-15-7-5-13(6-8-15)17-11-14-10-12(2)4-9-16(14)18-17/h4-10,17-18H,3,11H2,1-2H3. The minimum atomic E-state index is 0.382. The van der Waals surface area contributed by atoms with Gasteiger partial charge in [-0.15, -0.1) is 0 Å². The maximum absolute atomic E-state index is 5.48. The number of hydrogen-bond acceptors (Lipinski definition) is 2. The summed E-state index contributed by atoms with van der Waals surface area (Å²) in [5.41, 5.74) is 5.33. The molecule has 1 aliphatic rings. The highest BCUT2D eigenvalue weighted by Gasteiger charge is 2.21. The van der Waals surface area contributed by atoms with Crippen LogP contribution in [0.1, 0.15) is 29.7 Å². The van der Waals surface area contributed by atoms with Gasteiger partial charge in [0.2, 0.25) is 0 Å². The molecule has 0 saturated carbocycles. The molecule has 0 bridgehead atoms. The number of fused-ring (bicyclic) bond motifs is 1. The summed E-state index contributed by atoms with van der Waals surface area (Å²) in [4.78, 5) is 0. The van der Waals surface area contributed by atoms with E-state index >= 15 is 0 Å². The molecule has 19 heavy (non-hydrogen) atoms. The molecule has 0 spiro atoms. The second-order valence-electron chi connectivity index (χ2n) is 5.06. The lowest BCUT2D eigenvalue weighted by molar-refractivity contribution is 0.340. The SMILES string of the molecule is CCOc1ccc(C2Cc3cc(C)ccc3N2)cc1. The highest BCUT2D eigenvalue weighted by Crippen LogP contribution is 2.35. The molecule has 1 aliphatic heterocycles. The molecule has 1 atom stereocenters. The second kappa shape index (κ2) is 4.96. The Morgan fingerprint density at radius 3 is 2.68 bits per heavy atom. The summed E-state index contributed by atoms with van der Waals surface area (Å²) >= 11 is 0. The van der Waals surface area contributed by atoms with E-state index in [-0.39, 0.29) is 0 Å². The fourth-order valence-corrected chi connectivity index (χ4v) is 2.66. The molecule has 1 N–H and O–H groups in total. The largest absolute Gasteiger partial charge is 0.494 e. The van der Waals surface area contributed by atoms with E-state index in [4.69, 9.17) is 4.74 Å². The highest BCUT2D eigenvalue weighted by atomic mass is 16.5. The molecule has 98 valence electrons. The molecule has 3 rings (SSSR count). The van der Waals surface area contributed by atoms with Crippen molar-refractivity contribution >= 4 is 5.69 Å². The number of rotatable bonds is 3. The Morgan fingerprint density at radius 2 is 1.95 bits per heavy atom. The van der Waals surface area contributed by atoms with Crippen LogP contribution in [-0.4, -0.2) is 6.61 Å². The lowest BCUT2D eigenvalue weighted by Crippen LogP contribution is -2.05. The third-order valence-corrected chi connectivity index (χ3v) is 3.61. The van der Waals surface area contributed by atoms with Crippen molar-refractivity contribution in [2.24, 2.45) is 0 Å². The van der Waals surface area contributed by atoms with Crippen molar-refractivity contribution in [3.05, 3.63) is 59.2 Å². The van der Waals surface area contributed by atoms with Crippen molar-refractivity contribution in [1.29, 1.82) is 0 Å². The quantitative estimate of drug-likeness (QED) is 0.889. The van der Waals surface area contributed by atoms with Crippen molar-refractivity contribution in [2.75, 3.05) is 11.9 Å². The van der Waals surface area contributed by atoms with Gasteiger partial charge in [-0.3, -0.25) is 0 Å². The highest BCUT2D eigenvalue weighted by molar-refractivity contribution is 5.59. The number of ether oxygens (including phenoxy) is 1. The molecule has 2 nitrogen and oxygen atoms in total. The fraction of sp³-hybridized carbons (Fsp3) is 0.294. The zero-order chi connectivity index (χ0) is 13.2. The van der Waals surface area contributed by atoms with Crippen molar-refractivity contribution < 1.29 is 4.74 Å². The maximum atomic E-state index is 5.48. The summed E-state index contributed by atoms with van der Waals surface area (Å²) < 4.78 is 5.48. The molecule has 2 aromatic carbocycles.